The molecule has 2 aromatic carbocycles. The Bertz CT molecular complexity index is 1070. The molecule has 0 aliphatic carbocycles. The van der Waals surface area contributed by atoms with E-state index in [1.807, 2.05) is 65.6 Å². The van der Waals surface area contributed by atoms with E-state index in [0.29, 0.717) is 19.6 Å². The van der Waals surface area contributed by atoms with Gasteiger partial charge in [0.05, 0.1) is 11.6 Å². The van der Waals surface area contributed by atoms with Crippen molar-refractivity contribution in [3.63, 3.8) is 0 Å². The number of rotatable bonds is 3. The first-order valence-electron chi connectivity index (χ1n) is 10.4. The van der Waals surface area contributed by atoms with Crippen molar-refractivity contribution in [3.05, 3.63) is 66.9 Å². The standard InChI is InChI=1S/C24H24N4O2/c29-23-16-19(17-28(23)21-9-5-7-18-6-1-2-8-20(18)21)24(30)27-14-12-26(13-15-27)22-10-3-4-11-25-22/h1-11,19H,12-17H2/t19-/m1/s1. The van der Waals surface area contributed by atoms with E-state index in [1.165, 1.54) is 0 Å². The molecule has 0 radical (unpaired) electrons. The van der Waals surface area contributed by atoms with Gasteiger partial charge < -0.3 is 14.7 Å². The maximum atomic E-state index is 13.1. The number of anilines is 2. The van der Waals surface area contributed by atoms with E-state index in [-0.39, 0.29) is 24.2 Å². The molecule has 3 heterocycles. The third-order valence-electron chi connectivity index (χ3n) is 6.10. The number of hydrogen-bond donors (Lipinski definition) is 0. The van der Waals surface area contributed by atoms with E-state index >= 15 is 0 Å². The Hall–Kier alpha value is -3.41. The van der Waals surface area contributed by atoms with Gasteiger partial charge in [-0.1, -0.05) is 42.5 Å². The van der Waals surface area contributed by atoms with Crippen LogP contribution in [0.4, 0.5) is 11.5 Å². The van der Waals surface area contributed by atoms with Crippen LogP contribution in [0.1, 0.15) is 6.42 Å². The monoisotopic (exact) mass is 400 g/mol. The first kappa shape index (κ1) is 18.6. The number of fused-ring (bicyclic) bond motifs is 1. The highest BCUT2D eigenvalue weighted by Crippen LogP contribution is 2.32. The molecule has 152 valence electrons. The molecule has 6 heteroatoms. The average molecular weight is 400 g/mol. The molecule has 1 aromatic heterocycles. The van der Waals surface area contributed by atoms with Crippen molar-refractivity contribution >= 4 is 34.1 Å². The molecular weight excluding hydrogens is 376 g/mol. The lowest BCUT2D eigenvalue weighted by molar-refractivity contribution is -0.136. The molecule has 0 unspecified atom stereocenters. The maximum Gasteiger partial charge on any atom is 0.228 e. The Morgan fingerprint density at radius 1 is 0.900 bits per heavy atom. The first-order valence-corrected chi connectivity index (χ1v) is 10.4. The molecule has 0 spiro atoms. The molecule has 1 atom stereocenters. The number of hydrogen-bond acceptors (Lipinski definition) is 4. The molecule has 5 rings (SSSR count). The molecule has 6 nitrogen and oxygen atoms in total. The fraction of sp³-hybridized carbons (Fsp3) is 0.292. The second-order valence-corrected chi connectivity index (χ2v) is 7.90. The summed E-state index contributed by atoms with van der Waals surface area (Å²) in [5, 5.41) is 2.15. The highest BCUT2D eigenvalue weighted by Gasteiger charge is 2.38. The van der Waals surface area contributed by atoms with Crippen LogP contribution >= 0.6 is 0 Å². The number of carbonyl (C=O) groups excluding carboxylic acids is 2. The molecule has 2 fully saturated rings. The summed E-state index contributed by atoms with van der Waals surface area (Å²) in [5.41, 5.74) is 0.897. The fourth-order valence-electron chi connectivity index (χ4n) is 4.50. The number of aromatic nitrogens is 1. The van der Waals surface area contributed by atoms with Gasteiger partial charge in [0.25, 0.3) is 0 Å². The fourth-order valence-corrected chi connectivity index (χ4v) is 4.50. The van der Waals surface area contributed by atoms with E-state index in [2.05, 4.69) is 9.88 Å². The van der Waals surface area contributed by atoms with Crippen LogP contribution in [-0.2, 0) is 9.59 Å². The van der Waals surface area contributed by atoms with Gasteiger partial charge in [0.2, 0.25) is 11.8 Å². The summed E-state index contributed by atoms with van der Waals surface area (Å²) in [5.74, 6) is 0.782. The Kier molecular flexibility index (Phi) is 4.83. The Balaban J connectivity index is 1.27. The number of carbonyl (C=O) groups is 2. The highest BCUT2D eigenvalue weighted by molar-refractivity contribution is 6.07. The summed E-state index contributed by atoms with van der Waals surface area (Å²) >= 11 is 0. The second kappa shape index (κ2) is 7.78. The summed E-state index contributed by atoms with van der Waals surface area (Å²) < 4.78 is 0. The van der Waals surface area contributed by atoms with Gasteiger partial charge in [-0.05, 0) is 23.6 Å². The number of pyridine rings is 1. The zero-order valence-electron chi connectivity index (χ0n) is 16.8. The van der Waals surface area contributed by atoms with E-state index in [0.717, 1.165) is 35.4 Å². The second-order valence-electron chi connectivity index (χ2n) is 7.90. The average Bonchev–Trinajstić information content (AvgIpc) is 3.20. The minimum atomic E-state index is -0.280. The van der Waals surface area contributed by atoms with E-state index in [4.69, 9.17) is 0 Å². The van der Waals surface area contributed by atoms with Gasteiger partial charge >= 0.3 is 0 Å². The summed E-state index contributed by atoms with van der Waals surface area (Å²) in [6.45, 7) is 3.29. The summed E-state index contributed by atoms with van der Waals surface area (Å²) in [6, 6.07) is 19.9. The predicted octanol–water partition coefficient (Wildman–Crippen LogP) is 2.94. The largest absolute Gasteiger partial charge is 0.353 e. The molecule has 2 aliphatic rings. The third kappa shape index (κ3) is 3.38. The van der Waals surface area contributed by atoms with Crippen molar-refractivity contribution in [2.45, 2.75) is 6.42 Å². The van der Waals surface area contributed by atoms with Crippen LogP contribution in [0.3, 0.4) is 0 Å². The van der Waals surface area contributed by atoms with Crippen molar-refractivity contribution in [2.75, 3.05) is 42.5 Å². The SMILES string of the molecule is O=C([C@@H]1CC(=O)N(c2cccc3ccccc23)C1)N1CCN(c2ccccn2)CC1. The maximum absolute atomic E-state index is 13.1. The van der Waals surface area contributed by atoms with Crippen molar-refractivity contribution < 1.29 is 9.59 Å². The number of nitrogens with zero attached hydrogens (tertiary/aromatic N) is 4. The molecule has 2 aliphatic heterocycles. The van der Waals surface area contributed by atoms with Crippen LogP contribution in [0.5, 0.6) is 0 Å². The molecule has 0 N–H and O–H groups in total. The van der Waals surface area contributed by atoms with E-state index in [1.54, 1.807) is 11.1 Å². The minimum Gasteiger partial charge on any atom is -0.353 e. The van der Waals surface area contributed by atoms with E-state index < -0.39 is 0 Å². The van der Waals surface area contributed by atoms with Crippen LogP contribution in [0.15, 0.2) is 66.9 Å². The molecule has 2 amide bonds. The Labute approximate surface area is 175 Å². The molecule has 2 saturated heterocycles. The van der Waals surface area contributed by atoms with Crippen LogP contribution in [0.25, 0.3) is 10.8 Å². The van der Waals surface area contributed by atoms with Crippen LogP contribution in [0, 0.1) is 5.92 Å². The van der Waals surface area contributed by atoms with Crippen LogP contribution in [-0.4, -0.2) is 54.4 Å². The Morgan fingerprint density at radius 3 is 2.47 bits per heavy atom. The lowest BCUT2D eigenvalue weighted by Crippen LogP contribution is -2.51. The lowest BCUT2D eigenvalue weighted by Gasteiger charge is -2.36. The van der Waals surface area contributed by atoms with Gasteiger partial charge in [-0.3, -0.25) is 9.59 Å². The van der Waals surface area contributed by atoms with Gasteiger partial charge in [0.15, 0.2) is 0 Å². The summed E-state index contributed by atoms with van der Waals surface area (Å²) in [7, 11) is 0. The van der Waals surface area contributed by atoms with Crippen molar-refractivity contribution in [1.29, 1.82) is 0 Å². The molecule has 0 bridgehead atoms. The molecule has 0 saturated carbocycles. The topological polar surface area (TPSA) is 56.8 Å². The van der Waals surface area contributed by atoms with Crippen molar-refractivity contribution in [1.82, 2.24) is 9.88 Å². The van der Waals surface area contributed by atoms with Gasteiger partial charge in [-0.2, -0.15) is 0 Å². The first-order chi connectivity index (χ1) is 14.7. The zero-order chi connectivity index (χ0) is 20.5. The molecule has 3 aromatic rings. The number of amides is 2. The number of piperazine rings is 1. The number of benzene rings is 2. The smallest absolute Gasteiger partial charge is 0.228 e. The molecule has 30 heavy (non-hydrogen) atoms. The quantitative estimate of drug-likeness (QED) is 0.678. The van der Waals surface area contributed by atoms with Gasteiger partial charge in [0.1, 0.15) is 5.82 Å². The van der Waals surface area contributed by atoms with Crippen molar-refractivity contribution in [3.8, 4) is 0 Å². The van der Waals surface area contributed by atoms with Crippen LogP contribution < -0.4 is 9.80 Å². The lowest BCUT2D eigenvalue weighted by atomic mass is 10.1. The summed E-state index contributed by atoms with van der Waals surface area (Å²) in [6.07, 6.45) is 2.07. The van der Waals surface area contributed by atoms with E-state index in [9.17, 15) is 9.59 Å². The minimum absolute atomic E-state index is 0.0248. The van der Waals surface area contributed by atoms with Gasteiger partial charge in [-0.15, -0.1) is 0 Å². The van der Waals surface area contributed by atoms with Gasteiger partial charge in [-0.25, -0.2) is 4.98 Å². The third-order valence-corrected chi connectivity index (χ3v) is 6.10. The zero-order valence-corrected chi connectivity index (χ0v) is 16.8. The van der Waals surface area contributed by atoms with Crippen molar-refractivity contribution in [2.24, 2.45) is 5.92 Å². The predicted molar refractivity (Wildman–Crippen MR) is 117 cm³/mol. The highest BCUT2D eigenvalue weighted by atomic mass is 16.2. The Morgan fingerprint density at radius 2 is 1.67 bits per heavy atom. The summed E-state index contributed by atoms with van der Waals surface area (Å²) in [4.78, 5) is 36.2. The normalized spacial score (nSPS) is 19.5. The molecular formula is C24H24N4O2. The van der Waals surface area contributed by atoms with Gasteiger partial charge in [0, 0.05) is 50.7 Å². The van der Waals surface area contributed by atoms with Crippen LogP contribution in [0.2, 0.25) is 0 Å².